The third kappa shape index (κ3) is 5.15. The number of aryl methyl sites for hydroxylation is 1. The van der Waals surface area contributed by atoms with Crippen LogP contribution in [-0.4, -0.2) is 27.9 Å². The number of nitrogens with one attached hydrogen (secondary N) is 1. The van der Waals surface area contributed by atoms with Gasteiger partial charge in [-0.05, 0) is 26.0 Å². The van der Waals surface area contributed by atoms with E-state index >= 15 is 0 Å². The average molecular weight is 416 g/mol. The van der Waals surface area contributed by atoms with Crippen LogP contribution in [-0.2, 0) is 20.7 Å². The van der Waals surface area contributed by atoms with Crippen molar-refractivity contribution in [3.63, 3.8) is 0 Å². The fourth-order valence-electron chi connectivity index (χ4n) is 2.37. The largest absolute Gasteiger partial charge is 0.452 e. The van der Waals surface area contributed by atoms with E-state index in [-0.39, 0.29) is 11.6 Å². The Balaban J connectivity index is 1.56. The van der Waals surface area contributed by atoms with Gasteiger partial charge in [0.2, 0.25) is 0 Å². The van der Waals surface area contributed by atoms with Crippen LogP contribution < -0.4 is 5.32 Å². The fourth-order valence-corrected chi connectivity index (χ4v) is 3.36. The van der Waals surface area contributed by atoms with Crippen LogP contribution in [0.15, 0.2) is 48.0 Å². The molecule has 0 unspecified atom stereocenters. The number of halogens is 1. The van der Waals surface area contributed by atoms with Crippen LogP contribution in [0.5, 0.6) is 0 Å². The van der Waals surface area contributed by atoms with E-state index in [1.807, 2.05) is 36.6 Å². The Labute approximate surface area is 171 Å². The normalized spacial score (nSPS) is 11.7. The first kappa shape index (κ1) is 20.0. The highest BCUT2D eigenvalue weighted by Gasteiger charge is 2.20. The zero-order valence-corrected chi connectivity index (χ0v) is 16.9. The summed E-state index contributed by atoms with van der Waals surface area (Å²) in [6.45, 7) is 3.52. The molecule has 1 amide bonds. The molecule has 0 saturated heterocycles. The number of esters is 1. The minimum atomic E-state index is -0.973. The molecule has 1 atom stereocenters. The molecule has 0 fully saturated rings. The average Bonchev–Trinajstić information content (AvgIpc) is 3.12. The molecule has 2 aromatic heterocycles. The summed E-state index contributed by atoms with van der Waals surface area (Å²) in [5, 5.41) is 5.40. The SMILES string of the molecule is Cc1ccc(-c2nc(CC(=O)O[C@H](C)C(=O)Nc3cccnc3Cl)cs2)cc1. The molecule has 0 radical (unpaired) electrons. The van der Waals surface area contributed by atoms with E-state index in [0.717, 1.165) is 10.6 Å². The van der Waals surface area contributed by atoms with Gasteiger partial charge in [-0.1, -0.05) is 41.4 Å². The number of pyridine rings is 1. The summed E-state index contributed by atoms with van der Waals surface area (Å²) >= 11 is 7.37. The molecule has 3 aromatic rings. The molecule has 2 heterocycles. The van der Waals surface area contributed by atoms with Gasteiger partial charge in [0.1, 0.15) is 5.01 Å². The van der Waals surface area contributed by atoms with Gasteiger partial charge in [0.15, 0.2) is 11.3 Å². The quantitative estimate of drug-likeness (QED) is 0.480. The molecule has 28 heavy (non-hydrogen) atoms. The number of amides is 1. The summed E-state index contributed by atoms with van der Waals surface area (Å²) in [6, 6.07) is 11.3. The van der Waals surface area contributed by atoms with Crippen LogP contribution in [0.4, 0.5) is 5.69 Å². The van der Waals surface area contributed by atoms with Crippen molar-refractivity contribution in [1.82, 2.24) is 9.97 Å². The number of hydrogen-bond acceptors (Lipinski definition) is 6. The molecule has 0 bridgehead atoms. The molecule has 0 aliphatic carbocycles. The summed E-state index contributed by atoms with van der Waals surface area (Å²) in [6.07, 6.45) is 0.535. The Hall–Kier alpha value is -2.77. The first-order valence-corrected chi connectivity index (χ1v) is 9.80. The lowest BCUT2D eigenvalue weighted by Gasteiger charge is -2.13. The number of anilines is 1. The molecule has 3 rings (SSSR count). The van der Waals surface area contributed by atoms with Crippen molar-refractivity contribution in [3.05, 3.63) is 64.4 Å². The zero-order chi connectivity index (χ0) is 20.1. The van der Waals surface area contributed by atoms with Gasteiger partial charge in [-0.2, -0.15) is 0 Å². The topological polar surface area (TPSA) is 81.2 Å². The summed E-state index contributed by atoms with van der Waals surface area (Å²) in [5.74, 6) is -1.01. The van der Waals surface area contributed by atoms with Crippen LogP contribution in [0.2, 0.25) is 5.15 Å². The van der Waals surface area contributed by atoms with E-state index in [1.54, 1.807) is 12.1 Å². The smallest absolute Gasteiger partial charge is 0.312 e. The fraction of sp³-hybridized carbons (Fsp3) is 0.200. The van der Waals surface area contributed by atoms with Crippen molar-refractivity contribution in [2.24, 2.45) is 0 Å². The molecule has 1 aromatic carbocycles. The van der Waals surface area contributed by atoms with Crippen molar-refractivity contribution < 1.29 is 14.3 Å². The lowest BCUT2D eigenvalue weighted by molar-refractivity contribution is -0.152. The lowest BCUT2D eigenvalue weighted by atomic mass is 10.2. The molecule has 0 aliphatic heterocycles. The number of aromatic nitrogens is 2. The van der Waals surface area contributed by atoms with Gasteiger partial charge in [-0.15, -0.1) is 11.3 Å². The second-order valence-corrected chi connectivity index (χ2v) is 7.37. The van der Waals surface area contributed by atoms with Crippen molar-refractivity contribution in [2.75, 3.05) is 5.32 Å². The van der Waals surface area contributed by atoms with Crippen LogP contribution in [0.3, 0.4) is 0 Å². The van der Waals surface area contributed by atoms with Gasteiger partial charge in [-0.3, -0.25) is 9.59 Å². The summed E-state index contributed by atoms with van der Waals surface area (Å²) < 4.78 is 5.21. The number of hydrogen-bond donors (Lipinski definition) is 1. The van der Waals surface area contributed by atoms with Gasteiger partial charge in [0, 0.05) is 17.1 Å². The van der Waals surface area contributed by atoms with E-state index in [4.69, 9.17) is 16.3 Å². The molecule has 6 nitrogen and oxygen atoms in total. The van der Waals surface area contributed by atoms with Gasteiger partial charge in [0.05, 0.1) is 17.8 Å². The Morgan fingerprint density at radius 3 is 2.71 bits per heavy atom. The third-order valence-corrected chi connectivity index (χ3v) is 5.11. The molecule has 0 spiro atoms. The van der Waals surface area contributed by atoms with Crippen LogP contribution in [0.25, 0.3) is 10.6 Å². The second kappa shape index (κ2) is 8.95. The van der Waals surface area contributed by atoms with Crippen molar-refractivity contribution in [3.8, 4) is 10.6 Å². The molecular formula is C20H18ClN3O3S. The monoisotopic (exact) mass is 415 g/mol. The predicted molar refractivity (Wildman–Crippen MR) is 109 cm³/mol. The number of thiazole rings is 1. The van der Waals surface area contributed by atoms with Crippen LogP contribution >= 0.6 is 22.9 Å². The highest BCUT2D eigenvalue weighted by Crippen LogP contribution is 2.24. The Bertz CT molecular complexity index is 988. The number of carbonyl (C=O) groups excluding carboxylic acids is 2. The molecular weight excluding hydrogens is 398 g/mol. The molecule has 1 N–H and O–H groups in total. The van der Waals surface area contributed by atoms with Crippen molar-refractivity contribution in [2.45, 2.75) is 26.4 Å². The summed E-state index contributed by atoms with van der Waals surface area (Å²) in [7, 11) is 0. The maximum absolute atomic E-state index is 12.2. The van der Waals surface area contributed by atoms with E-state index in [9.17, 15) is 9.59 Å². The van der Waals surface area contributed by atoms with Gasteiger partial charge in [-0.25, -0.2) is 9.97 Å². The van der Waals surface area contributed by atoms with Crippen molar-refractivity contribution in [1.29, 1.82) is 0 Å². The predicted octanol–water partition coefficient (Wildman–Crippen LogP) is 4.28. The molecule has 0 aliphatic rings. The lowest BCUT2D eigenvalue weighted by Crippen LogP contribution is -2.30. The minimum absolute atomic E-state index is 0.00632. The van der Waals surface area contributed by atoms with E-state index < -0.39 is 18.0 Å². The van der Waals surface area contributed by atoms with Crippen LogP contribution in [0, 0.1) is 6.92 Å². The molecule has 8 heteroatoms. The van der Waals surface area contributed by atoms with Gasteiger partial charge < -0.3 is 10.1 Å². The van der Waals surface area contributed by atoms with E-state index in [2.05, 4.69) is 15.3 Å². The van der Waals surface area contributed by atoms with Crippen molar-refractivity contribution >= 4 is 40.5 Å². The Kier molecular flexibility index (Phi) is 6.38. The second-order valence-electron chi connectivity index (χ2n) is 6.15. The number of rotatable bonds is 6. The molecule has 0 saturated carbocycles. The highest BCUT2D eigenvalue weighted by molar-refractivity contribution is 7.13. The van der Waals surface area contributed by atoms with Gasteiger partial charge >= 0.3 is 5.97 Å². The van der Waals surface area contributed by atoms with Crippen LogP contribution in [0.1, 0.15) is 18.2 Å². The highest BCUT2D eigenvalue weighted by atomic mass is 35.5. The zero-order valence-electron chi connectivity index (χ0n) is 15.3. The maximum Gasteiger partial charge on any atom is 0.312 e. The number of nitrogens with zero attached hydrogens (tertiary/aromatic N) is 2. The summed E-state index contributed by atoms with van der Waals surface area (Å²) in [4.78, 5) is 32.7. The number of ether oxygens (including phenoxy) is 1. The van der Waals surface area contributed by atoms with Gasteiger partial charge in [0.25, 0.3) is 5.91 Å². The maximum atomic E-state index is 12.2. The van der Waals surface area contributed by atoms with E-state index in [1.165, 1.54) is 30.0 Å². The standard InChI is InChI=1S/C20H18ClN3O3S/c1-12-5-7-14(8-6-12)20-23-15(11-28-20)10-17(25)27-13(2)19(26)24-16-4-3-9-22-18(16)21/h3-9,11,13H,10H2,1-2H3,(H,24,26)/t13-/m1/s1. The number of carbonyl (C=O) groups is 2. The summed E-state index contributed by atoms with van der Waals surface area (Å²) in [5.41, 5.74) is 3.13. The first-order valence-electron chi connectivity index (χ1n) is 8.54. The molecule has 144 valence electrons. The third-order valence-electron chi connectivity index (χ3n) is 3.87. The van der Waals surface area contributed by atoms with E-state index in [0.29, 0.717) is 11.4 Å². The first-order chi connectivity index (χ1) is 13.4. The Morgan fingerprint density at radius 2 is 2.00 bits per heavy atom. The minimum Gasteiger partial charge on any atom is -0.452 e. The Morgan fingerprint density at radius 1 is 1.25 bits per heavy atom. The number of benzene rings is 1.